The van der Waals surface area contributed by atoms with Gasteiger partial charge in [-0.25, -0.2) is 0 Å². The van der Waals surface area contributed by atoms with Gasteiger partial charge in [0, 0.05) is 26.6 Å². The lowest BCUT2D eigenvalue weighted by molar-refractivity contribution is -0.116. The highest BCUT2D eigenvalue weighted by Gasteiger charge is 2.42. The summed E-state index contributed by atoms with van der Waals surface area (Å²) >= 11 is 0. The molecule has 2 saturated heterocycles. The average Bonchev–Trinajstić information content (AvgIpc) is 2.46. The third kappa shape index (κ3) is 2.27. The Hall–Kier alpha value is -0.120. The molecule has 0 aromatic heterocycles. The Labute approximate surface area is 85.4 Å². The van der Waals surface area contributed by atoms with Crippen LogP contribution in [0.3, 0.4) is 0 Å². The Morgan fingerprint density at radius 1 is 1.36 bits per heavy atom. The van der Waals surface area contributed by atoms with Crippen molar-refractivity contribution in [3.63, 3.8) is 0 Å². The first-order valence-corrected chi connectivity index (χ1v) is 5.59. The number of hydrogen-bond donors (Lipinski definition) is 1. The van der Waals surface area contributed by atoms with Gasteiger partial charge in [-0.3, -0.25) is 0 Å². The molecule has 14 heavy (non-hydrogen) atoms. The molecular formula is C11H20O3. The summed E-state index contributed by atoms with van der Waals surface area (Å²) in [5.41, 5.74) is -0.470. The third-order valence-corrected chi connectivity index (χ3v) is 3.40. The molecular weight excluding hydrogens is 180 g/mol. The molecule has 2 aliphatic rings. The zero-order chi connectivity index (χ0) is 10.0. The van der Waals surface area contributed by atoms with Crippen molar-refractivity contribution in [2.24, 2.45) is 0 Å². The van der Waals surface area contributed by atoms with Crippen molar-refractivity contribution in [2.45, 2.75) is 56.3 Å². The van der Waals surface area contributed by atoms with E-state index in [1.807, 2.05) is 0 Å². The van der Waals surface area contributed by atoms with E-state index in [-0.39, 0.29) is 0 Å². The molecule has 2 rings (SSSR count). The highest BCUT2D eigenvalue weighted by Crippen LogP contribution is 2.40. The number of fused-ring (bicyclic) bond motifs is 2. The van der Waals surface area contributed by atoms with Crippen LogP contribution in [0, 0.1) is 0 Å². The minimum absolute atomic E-state index is 0.321. The maximum atomic E-state index is 10.3. The van der Waals surface area contributed by atoms with E-state index in [1.54, 1.807) is 7.11 Å². The molecule has 0 aliphatic carbocycles. The summed E-state index contributed by atoms with van der Waals surface area (Å²) in [7, 11) is 1.71. The van der Waals surface area contributed by atoms with Gasteiger partial charge in [0.2, 0.25) is 0 Å². The molecule has 0 spiro atoms. The van der Waals surface area contributed by atoms with Crippen molar-refractivity contribution in [3.05, 3.63) is 0 Å². The summed E-state index contributed by atoms with van der Waals surface area (Å²) in [5, 5.41) is 10.3. The van der Waals surface area contributed by atoms with Crippen LogP contribution in [0.15, 0.2) is 0 Å². The van der Waals surface area contributed by atoms with Gasteiger partial charge in [0.05, 0.1) is 17.8 Å². The molecule has 3 heteroatoms. The van der Waals surface area contributed by atoms with Crippen molar-refractivity contribution in [1.29, 1.82) is 0 Å². The molecule has 2 aliphatic heterocycles. The Balaban J connectivity index is 1.83. The third-order valence-electron chi connectivity index (χ3n) is 3.40. The predicted octanol–water partition coefficient (Wildman–Crippen LogP) is 1.49. The number of rotatable bonds is 4. The second-order valence-electron chi connectivity index (χ2n) is 4.69. The summed E-state index contributed by atoms with van der Waals surface area (Å²) in [6, 6.07) is 0. The molecule has 2 atom stereocenters. The van der Waals surface area contributed by atoms with Crippen LogP contribution in [0.4, 0.5) is 0 Å². The van der Waals surface area contributed by atoms with E-state index < -0.39 is 5.60 Å². The van der Waals surface area contributed by atoms with E-state index >= 15 is 0 Å². The second kappa shape index (κ2) is 4.17. The fourth-order valence-corrected chi connectivity index (χ4v) is 2.76. The van der Waals surface area contributed by atoms with E-state index in [1.165, 1.54) is 0 Å². The molecule has 2 bridgehead atoms. The van der Waals surface area contributed by atoms with Crippen LogP contribution in [0.1, 0.15) is 38.5 Å². The fraction of sp³-hybridized carbons (Fsp3) is 1.00. The molecule has 2 fully saturated rings. The van der Waals surface area contributed by atoms with Gasteiger partial charge in [-0.15, -0.1) is 0 Å². The van der Waals surface area contributed by atoms with Crippen LogP contribution in [-0.4, -0.2) is 36.6 Å². The van der Waals surface area contributed by atoms with Gasteiger partial charge in [-0.05, 0) is 25.7 Å². The molecule has 0 aromatic rings. The summed E-state index contributed by atoms with van der Waals surface area (Å²) in [4.78, 5) is 0. The van der Waals surface area contributed by atoms with Gasteiger partial charge < -0.3 is 14.6 Å². The Bertz CT molecular complexity index is 181. The number of ether oxygens (including phenoxy) is 2. The predicted molar refractivity (Wildman–Crippen MR) is 53.2 cm³/mol. The monoisotopic (exact) mass is 200 g/mol. The first-order valence-electron chi connectivity index (χ1n) is 5.59. The minimum atomic E-state index is -0.470. The van der Waals surface area contributed by atoms with Gasteiger partial charge in [-0.1, -0.05) is 0 Å². The molecule has 3 nitrogen and oxygen atoms in total. The van der Waals surface area contributed by atoms with Crippen LogP contribution in [0.25, 0.3) is 0 Å². The zero-order valence-corrected chi connectivity index (χ0v) is 8.87. The van der Waals surface area contributed by atoms with Crippen LogP contribution in [0.5, 0.6) is 0 Å². The van der Waals surface area contributed by atoms with Crippen molar-refractivity contribution in [1.82, 2.24) is 0 Å². The average molecular weight is 200 g/mol. The molecule has 2 unspecified atom stereocenters. The molecule has 0 aromatic carbocycles. The van der Waals surface area contributed by atoms with Crippen molar-refractivity contribution in [2.75, 3.05) is 13.7 Å². The lowest BCUT2D eigenvalue weighted by atomic mass is 9.86. The number of aliphatic hydroxyl groups is 1. The fourth-order valence-electron chi connectivity index (χ4n) is 2.76. The molecule has 0 amide bonds. The topological polar surface area (TPSA) is 38.7 Å². The summed E-state index contributed by atoms with van der Waals surface area (Å²) < 4.78 is 10.7. The lowest BCUT2D eigenvalue weighted by Crippen LogP contribution is -2.41. The van der Waals surface area contributed by atoms with Crippen molar-refractivity contribution >= 4 is 0 Å². The molecule has 0 radical (unpaired) electrons. The summed E-state index contributed by atoms with van der Waals surface area (Å²) in [5.74, 6) is 0. The maximum Gasteiger partial charge on any atom is 0.0698 e. The van der Waals surface area contributed by atoms with E-state index in [0.717, 1.165) is 45.1 Å². The Kier molecular flexibility index (Phi) is 3.10. The van der Waals surface area contributed by atoms with Gasteiger partial charge in [0.1, 0.15) is 0 Å². The van der Waals surface area contributed by atoms with E-state index in [2.05, 4.69) is 0 Å². The first-order chi connectivity index (χ1) is 6.72. The SMILES string of the molecule is COCCCC1(O)CC2CCC(C1)O2. The van der Waals surface area contributed by atoms with Crippen molar-refractivity contribution in [3.8, 4) is 0 Å². The molecule has 1 N–H and O–H groups in total. The smallest absolute Gasteiger partial charge is 0.0698 e. The second-order valence-corrected chi connectivity index (χ2v) is 4.69. The van der Waals surface area contributed by atoms with Gasteiger partial charge in [0.15, 0.2) is 0 Å². The summed E-state index contributed by atoms with van der Waals surface area (Å²) in [6.07, 6.45) is 6.38. The highest BCUT2D eigenvalue weighted by atomic mass is 16.5. The molecule has 82 valence electrons. The van der Waals surface area contributed by atoms with Crippen LogP contribution < -0.4 is 0 Å². The maximum absolute atomic E-state index is 10.3. The highest BCUT2D eigenvalue weighted by molar-refractivity contribution is 4.94. The molecule has 2 heterocycles. The quantitative estimate of drug-likeness (QED) is 0.699. The van der Waals surface area contributed by atoms with E-state index in [0.29, 0.717) is 12.2 Å². The molecule has 0 saturated carbocycles. The van der Waals surface area contributed by atoms with Crippen LogP contribution in [0.2, 0.25) is 0 Å². The minimum Gasteiger partial charge on any atom is -0.390 e. The van der Waals surface area contributed by atoms with E-state index in [4.69, 9.17) is 9.47 Å². The normalized spacial score (nSPS) is 41.6. The van der Waals surface area contributed by atoms with Gasteiger partial charge in [-0.2, -0.15) is 0 Å². The first kappa shape index (κ1) is 10.4. The van der Waals surface area contributed by atoms with Gasteiger partial charge >= 0.3 is 0 Å². The van der Waals surface area contributed by atoms with E-state index in [9.17, 15) is 5.11 Å². The largest absolute Gasteiger partial charge is 0.390 e. The zero-order valence-electron chi connectivity index (χ0n) is 8.87. The number of hydrogen-bond acceptors (Lipinski definition) is 3. The van der Waals surface area contributed by atoms with Gasteiger partial charge in [0.25, 0.3) is 0 Å². The Morgan fingerprint density at radius 2 is 2.00 bits per heavy atom. The number of methoxy groups -OCH3 is 1. The van der Waals surface area contributed by atoms with Crippen LogP contribution >= 0.6 is 0 Å². The van der Waals surface area contributed by atoms with Crippen molar-refractivity contribution < 1.29 is 14.6 Å². The Morgan fingerprint density at radius 3 is 2.57 bits per heavy atom. The lowest BCUT2D eigenvalue weighted by Gasteiger charge is -2.36. The summed E-state index contributed by atoms with van der Waals surface area (Å²) in [6.45, 7) is 0.749. The standard InChI is InChI=1S/C11H20O3/c1-13-6-2-5-11(12)7-9-3-4-10(8-11)14-9/h9-10,12H,2-8H2,1H3. The van der Waals surface area contributed by atoms with Crippen LogP contribution in [-0.2, 0) is 9.47 Å².